The highest BCUT2D eigenvalue weighted by Gasteiger charge is 2.12. The molecule has 12 nitrogen and oxygen atoms in total. The number of fused-ring (bicyclic) bond motifs is 1. The minimum absolute atomic E-state index is 0.00369. The molecule has 2 aromatic carbocycles. The third-order valence-corrected chi connectivity index (χ3v) is 5.23. The van der Waals surface area contributed by atoms with E-state index in [2.05, 4.69) is 36.2 Å². The third kappa shape index (κ3) is 6.63. The Morgan fingerprint density at radius 3 is 2.57 bits per heavy atom. The number of carbonyl (C=O) groups is 3. The van der Waals surface area contributed by atoms with Crippen LogP contribution < -0.4 is 16.0 Å². The first kappa shape index (κ1) is 25.2. The van der Waals surface area contributed by atoms with Gasteiger partial charge in [-0.25, -0.2) is 4.98 Å². The summed E-state index contributed by atoms with van der Waals surface area (Å²) in [6.07, 6.45) is 2.03. The second-order valence-corrected chi connectivity index (χ2v) is 8.73. The molecule has 2 amide bonds. The summed E-state index contributed by atoms with van der Waals surface area (Å²) in [5.41, 5.74) is 3.60. The van der Waals surface area contributed by atoms with Gasteiger partial charge in [-0.2, -0.15) is 9.67 Å². The van der Waals surface area contributed by atoms with E-state index < -0.39 is 18.4 Å². The van der Waals surface area contributed by atoms with Gasteiger partial charge < -0.3 is 21.1 Å². The fourth-order valence-corrected chi connectivity index (χ4v) is 3.50. The van der Waals surface area contributed by atoms with Gasteiger partial charge in [-0.05, 0) is 47.9 Å². The highest BCUT2D eigenvalue weighted by molar-refractivity contribution is 5.96. The SMILES string of the molecule is CC(C)CC(=O)NCc1cccc(-n2nnc3cnc(Nc4ccc(C(=O)NCC(=O)O)cc4)nc32)c1. The standard InChI is InChI=1S/C25H26N8O4/c1-15(2)10-21(34)26-12-16-4-3-5-19(11-16)33-23-20(31-32-33)13-28-25(30-23)29-18-8-6-17(7-9-18)24(37)27-14-22(35)36/h3-9,11,13,15H,10,12,14H2,1-2H3,(H,26,34)(H,27,37)(H,35,36)(H,28,29,30). The van der Waals surface area contributed by atoms with Crippen LogP contribution in [0.15, 0.2) is 54.7 Å². The minimum Gasteiger partial charge on any atom is -0.480 e. The normalized spacial score (nSPS) is 10.9. The maximum absolute atomic E-state index is 12.0. The first-order valence-electron chi connectivity index (χ1n) is 11.6. The molecule has 0 aliphatic rings. The number of hydrogen-bond donors (Lipinski definition) is 4. The molecule has 0 fully saturated rings. The Kier molecular flexibility index (Phi) is 7.67. The molecule has 0 aliphatic carbocycles. The molecule has 4 N–H and O–H groups in total. The number of amides is 2. The van der Waals surface area contributed by atoms with Gasteiger partial charge in [0.25, 0.3) is 5.91 Å². The maximum atomic E-state index is 12.0. The fourth-order valence-electron chi connectivity index (χ4n) is 3.50. The average Bonchev–Trinajstić information content (AvgIpc) is 3.29. The lowest BCUT2D eigenvalue weighted by atomic mass is 10.1. The Labute approximate surface area is 212 Å². The molecule has 0 unspecified atom stereocenters. The predicted octanol–water partition coefficient (Wildman–Crippen LogP) is 2.43. The molecule has 2 aromatic heterocycles. The zero-order valence-corrected chi connectivity index (χ0v) is 20.3. The van der Waals surface area contributed by atoms with Crippen LogP contribution in [0.5, 0.6) is 0 Å². The van der Waals surface area contributed by atoms with Crippen molar-refractivity contribution in [1.29, 1.82) is 0 Å². The lowest BCUT2D eigenvalue weighted by molar-refractivity contribution is -0.135. The van der Waals surface area contributed by atoms with Crippen LogP contribution in [-0.2, 0) is 16.1 Å². The van der Waals surface area contributed by atoms with Crippen LogP contribution in [0, 0.1) is 5.92 Å². The van der Waals surface area contributed by atoms with E-state index in [0.29, 0.717) is 41.3 Å². The second kappa shape index (κ2) is 11.2. The van der Waals surface area contributed by atoms with Gasteiger partial charge in [-0.3, -0.25) is 14.4 Å². The fraction of sp³-hybridized carbons (Fsp3) is 0.240. The molecule has 4 aromatic rings. The number of nitrogens with one attached hydrogen (secondary N) is 3. The van der Waals surface area contributed by atoms with E-state index >= 15 is 0 Å². The lowest BCUT2D eigenvalue weighted by Gasteiger charge is -2.09. The van der Waals surface area contributed by atoms with Crippen molar-refractivity contribution in [3.05, 3.63) is 65.9 Å². The molecular weight excluding hydrogens is 476 g/mol. The summed E-state index contributed by atoms with van der Waals surface area (Å²) in [7, 11) is 0. The highest BCUT2D eigenvalue weighted by Crippen LogP contribution is 2.19. The Morgan fingerprint density at radius 2 is 1.84 bits per heavy atom. The number of rotatable bonds is 10. The average molecular weight is 503 g/mol. The van der Waals surface area contributed by atoms with Crippen LogP contribution in [0.2, 0.25) is 0 Å². The summed E-state index contributed by atoms with van der Waals surface area (Å²) in [6.45, 7) is 3.95. The molecule has 4 rings (SSSR count). The highest BCUT2D eigenvalue weighted by atomic mass is 16.4. The Morgan fingerprint density at radius 1 is 1.05 bits per heavy atom. The first-order valence-corrected chi connectivity index (χ1v) is 11.6. The summed E-state index contributed by atoms with van der Waals surface area (Å²) < 4.78 is 1.59. The molecule has 0 spiro atoms. The number of hydrogen-bond acceptors (Lipinski definition) is 8. The molecule has 0 radical (unpaired) electrons. The van der Waals surface area contributed by atoms with Gasteiger partial charge in [0.1, 0.15) is 6.54 Å². The molecule has 0 atom stereocenters. The maximum Gasteiger partial charge on any atom is 0.322 e. The summed E-state index contributed by atoms with van der Waals surface area (Å²) in [6, 6.07) is 14.0. The van der Waals surface area contributed by atoms with E-state index in [-0.39, 0.29) is 11.8 Å². The Hall–Kier alpha value is -4.87. The summed E-state index contributed by atoms with van der Waals surface area (Å²) in [5, 5.41) is 25.4. The number of carboxylic acids is 1. The first-order chi connectivity index (χ1) is 17.8. The van der Waals surface area contributed by atoms with Crippen LogP contribution in [0.25, 0.3) is 16.9 Å². The van der Waals surface area contributed by atoms with Crippen molar-refractivity contribution in [2.24, 2.45) is 5.92 Å². The van der Waals surface area contributed by atoms with E-state index in [1.54, 1.807) is 35.1 Å². The van der Waals surface area contributed by atoms with Crippen molar-refractivity contribution >= 4 is 40.6 Å². The summed E-state index contributed by atoms with van der Waals surface area (Å²) >= 11 is 0. The summed E-state index contributed by atoms with van der Waals surface area (Å²) in [4.78, 5) is 43.4. The number of benzene rings is 2. The van der Waals surface area contributed by atoms with Crippen molar-refractivity contribution < 1.29 is 19.5 Å². The monoisotopic (exact) mass is 502 g/mol. The lowest BCUT2D eigenvalue weighted by Crippen LogP contribution is -2.29. The van der Waals surface area contributed by atoms with Crippen LogP contribution in [0.1, 0.15) is 36.2 Å². The van der Waals surface area contributed by atoms with Gasteiger partial charge in [0.05, 0.1) is 11.9 Å². The van der Waals surface area contributed by atoms with Crippen molar-refractivity contribution in [1.82, 2.24) is 35.6 Å². The van der Waals surface area contributed by atoms with E-state index in [9.17, 15) is 14.4 Å². The molecule has 0 saturated heterocycles. The van der Waals surface area contributed by atoms with Crippen molar-refractivity contribution in [2.75, 3.05) is 11.9 Å². The van der Waals surface area contributed by atoms with Gasteiger partial charge in [-0.15, -0.1) is 5.10 Å². The molecule has 190 valence electrons. The van der Waals surface area contributed by atoms with Gasteiger partial charge in [-0.1, -0.05) is 31.2 Å². The number of carboxylic acid groups (broad SMARTS) is 1. The van der Waals surface area contributed by atoms with Gasteiger partial charge in [0, 0.05) is 24.2 Å². The molecule has 0 bridgehead atoms. The molecule has 2 heterocycles. The number of aromatic nitrogens is 5. The van der Waals surface area contributed by atoms with E-state index in [1.165, 1.54) is 0 Å². The van der Waals surface area contributed by atoms with Crippen LogP contribution >= 0.6 is 0 Å². The van der Waals surface area contributed by atoms with Gasteiger partial charge in [0.15, 0.2) is 11.2 Å². The Balaban J connectivity index is 1.48. The van der Waals surface area contributed by atoms with Crippen LogP contribution in [0.3, 0.4) is 0 Å². The molecule has 37 heavy (non-hydrogen) atoms. The minimum atomic E-state index is -1.12. The topological polar surface area (TPSA) is 164 Å². The molecule has 12 heteroatoms. The van der Waals surface area contributed by atoms with Gasteiger partial charge >= 0.3 is 5.97 Å². The van der Waals surface area contributed by atoms with Crippen molar-refractivity contribution in [3.63, 3.8) is 0 Å². The van der Waals surface area contributed by atoms with Crippen molar-refractivity contribution in [2.45, 2.75) is 26.8 Å². The second-order valence-electron chi connectivity index (χ2n) is 8.73. The zero-order chi connectivity index (χ0) is 26.4. The van der Waals surface area contributed by atoms with Crippen LogP contribution in [0.4, 0.5) is 11.6 Å². The third-order valence-electron chi connectivity index (χ3n) is 5.23. The number of anilines is 2. The molecule has 0 aliphatic heterocycles. The van der Waals surface area contributed by atoms with Gasteiger partial charge in [0.2, 0.25) is 11.9 Å². The molecular formula is C25H26N8O4. The number of nitrogens with zero attached hydrogens (tertiary/aromatic N) is 5. The summed E-state index contributed by atoms with van der Waals surface area (Å²) in [5.74, 6) is -1.01. The van der Waals surface area contributed by atoms with E-state index in [4.69, 9.17) is 5.11 Å². The number of carbonyl (C=O) groups excluding carboxylic acids is 2. The number of aliphatic carboxylic acids is 1. The predicted molar refractivity (Wildman–Crippen MR) is 135 cm³/mol. The smallest absolute Gasteiger partial charge is 0.322 e. The molecule has 0 saturated carbocycles. The van der Waals surface area contributed by atoms with E-state index in [1.807, 2.05) is 38.1 Å². The largest absolute Gasteiger partial charge is 0.480 e. The van der Waals surface area contributed by atoms with Crippen LogP contribution in [-0.4, -0.2) is 54.4 Å². The van der Waals surface area contributed by atoms with E-state index in [0.717, 1.165) is 11.3 Å². The van der Waals surface area contributed by atoms with Crippen molar-refractivity contribution in [3.8, 4) is 5.69 Å². The quantitative estimate of drug-likeness (QED) is 0.255. The Bertz CT molecular complexity index is 1430. The zero-order valence-electron chi connectivity index (χ0n) is 20.3.